The molecule has 1 fully saturated rings. The highest BCUT2D eigenvalue weighted by molar-refractivity contribution is 5.96. The average Bonchev–Trinajstić information content (AvgIpc) is 2.82. The second-order valence-electron chi connectivity index (χ2n) is 4.65. The van der Waals surface area contributed by atoms with Gasteiger partial charge in [0.15, 0.2) is 5.41 Å². The van der Waals surface area contributed by atoms with Gasteiger partial charge in [0.1, 0.15) is 0 Å². The first-order chi connectivity index (χ1) is 8.87. The second-order valence-corrected chi connectivity index (χ2v) is 4.65. The molecule has 1 aliphatic heterocycles. The molecule has 1 unspecified atom stereocenters. The van der Waals surface area contributed by atoms with Crippen molar-refractivity contribution >= 4 is 11.6 Å². The highest BCUT2D eigenvalue weighted by atomic mass is 19.4. The van der Waals surface area contributed by atoms with Gasteiger partial charge in [0.25, 0.3) is 0 Å². The quantitative estimate of drug-likeness (QED) is 0.865. The van der Waals surface area contributed by atoms with Crippen molar-refractivity contribution in [2.24, 2.45) is 5.41 Å². The molecule has 0 saturated carbocycles. The van der Waals surface area contributed by atoms with Gasteiger partial charge in [0, 0.05) is 12.7 Å². The zero-order valence-corrected chi connectivity index (χ0v) is 10.3. The van der Waals surface area contributed by atoms with Crippen LogP contribution in [0.2, 0.25) is 0 Å². The van der Waals surface area contributed by atoms with E-state index < -0.39 is 17.5 Å². The highest BCUT2D eigenvalue weighted by Gasteiger charge is 2.61. The largest absolute Gasteiger partial charge is 0.404 e. The molecule has 0 radical (unpaired) electrons. The highest BCUT2D eigenvalue weighted by Crippen LogP contribution is 2.43. The maximum absolute atomic E-state index is 13.2. The number of pyridine rings is 1. The van der Waals surface area contributed by atoms with Gasteiger partial charge >= 0.3 is 6.18 Å². The Labute approximate surface area is 108 Å². The van der Waals surface area contributed by atoms with Gasteiger partial charge < -0.3 is 10.6 Å². The van der Waals surface area contributed by atoms with Crippen LogP contribution in [-0.4, -0.2) is 30.2 Å². The Kier molecular flexibility index (Phi) is 3.49. The van der Waals surface area contributed by atoms with Crippen LogP contribution in [0.1, 0.15) is 12.0 Å². The molecule has 0 aliphatic carbocycles. The molecule has 1 saturated heterocycles. The fourth-order valence-electron chi connectivity index (χ4n) is 2.09. The summed E-state index contributed by atoms with van der Waals surface area (Å²) in [4.78, 5) is 15.8. The van der Waals surface area contributed by atoms with Crippen molar-refractivity contribution in [3.8, 4) is 0 Å². The van der Waals surface area contributed by atoms with Crippen LogP contribution in [0.3, 0.4) is 0 Å². The molecule has 1 aliphatic rings. The number of anilines is 1. The lowest BCUT2D eigenvalue weighted by molar-refractivity contribution is -0.213. The number of hydrogen-bond acceptors (Lipinski definition) is 3. The molecule has 1 atom stereocenters. The van der Waals surface area contributed by atoms with Crippen molar-refractivity contribution in [1.29, 1.82) is 0 Å². The fraction of sp³-hybridized carbons (Fsp3) is 0.500. The number of alkyl halides is 3. The van der Waals surface area contributed by atoms with E-state index in [-0.39, 0.29) is 19.5 Å². The van der Waals surface area contributed by atoms with Gasteiger partial charge in [-0.1, -0.05) is 0 Å². The number of nitrogens with one attached hydrogen (secondary N) is 2. The predicted molar refractivity (Wildman–Crippen MR) is 63.6 cm³/mol. The first kappa shape index (κ1) is 13.8. The van der Waals surface area contributed by atoms with E-state index in [1.807, 2.05) is 0 Å². The summed E-state index contributed by atoms with van der Waals surface area (Å²) in [6, 6.07) is 1.63. The number of halogens is 3. The monoisotopic (exact) mass is 273 g/mol. The summed E-state index contributed by atoms with van der Waals surface area (Å²) in [5.41, 5.74) is -1.37. The topological polar surface area (TPSA) is 54.0 Å². The van der Waals surface area contributed by atoms with E-state index in [2.05, 4.69) is 15.6 Å². The van der Waals surface area contributed by atoms with Crippen LogP contribution in [0.5, 0.6) is 0 Å². The molecule has 1 aromatic rings. The van der Waals surface area contributed by atoms with Crippen LogP contribution in [0.15, 0.2) is 18.5 Å². The van der Waals surface area contributed by atoms with E-state index in [9.17, 15) is 18.0 Å². The van der Waals surface area contributed by atoms with Crippen LogP contribution in [0, 0.1) is 12.3 Å². The van der Waals surface area contributed by atoms with Crippen LogP contribution < -0.4 is 10.6 Å². The standard InChI is InChI=1S/C12H14F3N3O/c1-8-2-4-16-6-9(8)18-10(19)11(12(13,14)15)3-5-17-7-11/h2,4,6,17H,3,5,7H2,1H3,(H,18,19). The lowest BCUT2D eigenvalue weighted by Gasteiger charge is -2.29. The molecule has 1 amide bonds. The number of amides is 1. The summed E-state index contributed by atoms with van der Waals surface area (Å²) in [7, 11) is 0. The van der Waals surface area contributed by atoms with E-state index >= 15 is 0 Å². The first-order valence-corrected chi connectivity index (χ1v) is 5.86. The third-order valence-electron chi connectivity index (χ3n) is 3.42. The number of rotatable bonds is 2. The maximum atomic E-state index is 13.2. The van der Waals surface area contributed by atoms with Crippen molar-refractivity contribution in [1.82, 2.24) is 10.3 Å². The summed E-state index contributed by atoms with van der Waals surface area (Å²) in [5, 5.41) is 4.94. The van der Waals surface area contributed by atoms with Crippen molar-refractivity contribution < 1.29 is 18.0 Å². The lowest BCUT2D eigenvalue weighted by atomic mass is 9.85. The van der Waals surface area contributed by atoms with Gasteiger partial charge in [-0.3, -0.25) is 9.78 Å². The molecule has 4 nitrogen and oxygen atoms in total. The molecular weight excluding hydrogens is 259 g/mol. The number of hydrogen-bond donors (Lipinski definition) is 2. The van der Waals surface area contributed by atoms with E-state index in [1.54, 1.807) is 13.0 Å². The SMILES string of the molecule is Cc1ccncc1NC(=O)C1(C(F)(F)F)CCNC1. The van der Waals surface area contributed by atoms with E-state index in [0.29, 0.717) is 11.3 Å². The Balaban J connectivity index is 2.25. The number of aryl methyl sites for hydroxylation is 1. The molecule has 19 heavy (non-hydrogen) atoms. The van der Waals surface area contributed by atoms with Gasteiger partial charge in [-0.2, -0.15) is 13.2 Å². The van der Waals surface area contributed by atoms with Gasteiger partial charge in [0.2, 0.25) is 5.91 Å². The Morgan fingerprint density at radius 1 is 1.53 bits per heavy atom. The minimum atomic E-state index is -4.57. The van der Waals surface area contributed by atoms with Crippen molar-refractivity contribution in [3.63, 3.8) is 0 Å². The van der Waals surface area contributed by atoms with Crippen LogP contribution >= 0.6 is 0 Å². The number of carbonyl (C=O) groups is 1. The Bertz CT molecular complexity index is 481. The minimum absolute atomic E-state index is 0.180. The van der Waals surface area contributed by atoms with Gasteiger partial charge in [-0.15, -0.1) is 0 Å². The van der Waals surface area contributed by atoms with Gasteiger partial charge in [-0.05, 0) is 31.5 Å². The lowest BCUT2D eigenvalue weighted by Crippen LogP contribution is -2.49. The van der Waals surface area contributed by atoms with E-state index in [1.165, 1.54) is 12.4 Å². The van der Waals surface area contributed by atoms with Crippen LogP contribution in [0.4, 0.5) is 18.9 Å². The zero-order chi connectivity index (χ0) is 14.1. The summed E-state index contributed by atoms with van der Waals surface area (Å²) in [5.74, 6) is -1.03. The Morgan fingerprint density at radius 3 is 2.79 bits per heavy atom. The predicted octanol–water partition coefficient (Wildman–Crippen LogP) is 1.87. The molecule has 2 heterocycles. The molecular formula is C12H14F3N3O. The van der Waals surface area contributed by atoms with E-state index in [4.69, 9.17) is 0 Å². The third-order valence-corrected chi connectivity index (χ3v) is 3.42. The molecule has 7 heteroatoms. The van der Waals surface area contributed by atoms with Crippen LogP contribution in [-0.2, 0) is 4.79 Å². The average molecular weight is 273 g/mol. The number of aromatic nitrogens is 1. The minimum Gasteiger partial charge on any atom is -0.324 e. The summed E-state index contributed by atoms with van der Waals surface area (Å²) < 4.78 is 39.5. The Hall–Kier alpha value is -1.63. The molecule has 0 bridgehead atoms. The number of carbonyl (C=O) groups excluding carboxylic acids is 1. The van der Waals surface area contributed by atoms with Crippen molar-refractivity contribution in [3.05, 3.63) is 24.0 Å². The third kappa shape index (κ3) is 2.42. The van der Waals surface area contributed by atoms with Crippen LogP contribution in [0.25, 0.3) is 0 Å². The van der Waals surface area contributed by atoms with Gasteiger partial charge in [-0.25, -0.2) is 0 Å². The summed E-state index contributed by atoms with van der Waals surface area (Å²) in [6.45, 7) is 1.49. The second kappa shape index (κ2) is 4.80. The van der Waals surface area contributed by atoms with Crippen molar-refractivity contribution in [2.75, 3.05) is 18.4 Å². The molecule has 0 spiro atoms. The molecule has 2 N–H and O–H groups in total. The molecule has 104 valence electrons. The van der Waals surface area contributed by atoms with E-state index in [0.717, 1.165) is 0 Å². The first-order valence-electron chi connectivity index (χ1n) is 5.86. The molecule has 2 rings (SSSR count). The maximum Gasteiger partial charge on any atom is 0.404 e. The number of nitrogens with zero attached hydrogens (tertiary/aromatic N) is 1. The van der Waals surface area contributed by atoms with Crippen molar-refractivity contribution in [2.45, 2.75) is 19.5 Å². The normalized spacial score (nSPS) is 23.4. The molecule has 1 aromatic heterocycles. The summed E-state index contributed by atoms with van der Waals surface area (Å²) in [6.07, 6.45) is -1.96. The Morgan fingerprint density at radius 2 is 2.26 bits per heavy atom. The zero-order valence-electron chi connectivity index (χ0n) is 10.3. The summed E-state index contributed by atoms with van der Waals surface area (Å²) >= 11 is 0. The smallest absolute Gasteiger partial charge is 0.324 e. The fourth-order valence-corrected chi connectivity index (χ4v) is 2.09. The van der Waals surface area contributed by atoms with Gasteiger partial charge in [0.05, 0.1) is 11.9 Å². The molecule has 0 aromatic carbocycles.